The van der Waals surface area contributed by atoms with E-state index in [9.17, 15) is 19.8 Å². The zero-order chi connectivity index (χ0) is 58.5. The quantitative estimate of drug-likeness (QED) is 0.0417. The first kappa shape index (κ1) is 79.9. The molecule has 0 fully saturated rings. The maximum Gasteiger partial charge on any atom is 0.305 e. The largest absolute Gasteiger partial charge is 0.466 e. The highest BCUT2D eigenvalue weighted by Gasteiger charge is 2.20. The number of aliphatic hydroxyl groups excluding tert-OH is 2. The summed E-state index contributed by atoms with van der Waals surface area (Å²) in [7, 11) is 0. The third-order valence-corrected chi connectivity index (χ3v) is 18.2. The van der Waals surface area contributed by atoms with Crippen LogP contribution in [0.3, 0.4) is 0 Å². The van der Waals surface area contributed by atoms with Gasteiger partial charge in [-0.05, 0) is 25.7 Å². The van der Waals surface area contributed by atoms with Crippen LogP contribution in [0.15, 0.2) is 0 Å². The molecule has 1 amide bonds. The Morgan fingerprint density at radius 2 is 0.506 bits per heavy atom. The molecule has 0 aromatic heterocycles. The highest BCUT2D eigenvalue weighted by atomic mass is 16.5. The van der Waals surface area contributed by atoms with Gasteiger partial charge in [0.1, 0.15) is 0 Å². The van der Waals surface area contributed by atoms with E-state index in [1.54, 1.807) is 0 Å². The number of aliphatic hydroxyl groups is 2. The Morgan fingerprint density at radius 1 is 0.296 bits per heavy atom. The van der Waals surface area contributed by atoms with Crippen LogP contribution in [0.1, 0.15) is 444 Å². The van der Waals surface area contributed by atoms with E-state index in [1.165, 1.54) is 372 Å². The number of hydrogen-bond donors (Lipinski definition) is 3. The third-order valence-electron chi connectivity index (χ3n) is 18.2. The topological polar surface area (TPSA) is 95.9 Å². The van der Waals surface area contributed by atoms with Gasteiger partial charge in [-0.2, -0.15) is 0 Å². The normalized spacial score (nSPS) is 12.4. The van der Waals surface area contributed by atoms with Gasteiger partial charge in [0.2, 0.25) is 5.91 Å². The summed E-state index contributed by atoms with van der Waals surface area (Å²) in [4.78, 5) is 24.7. The van der Waals surface area contributed by atoms with Crippen LogP contribution in [0.2, 0.25) is 0 Å². The Bertz CT molecular complexity index is 1180. The number of carbonyl (C=O) groups is 2. The van der Waals surface area contributed by atoms with E-state index >= 15 is 0 Å². The van der Waals surface area contributed by atoms with Crippen molar-refractivity contribution < 1.29 is 24.5 Å². The molecule has 0 radical (unpaired) electrons. The van der Waals surface area contributed by atoms with Crippen LogP contribution in [0, 0.1) is 0 Å². The zero-order valence-corrected chi connectivity index (χ0v) is 55.6. The second-order valence-electron chi connectivity index (χ2n) is 26.4. The summed E-state index contributed by atoms with van der Waals surface area (Å²) < 4.78 is 5.52. The fraction of sp³-hybridized carbons (Fsp3) is 0.973. The number of carbonyl (C=O) groups excluding carboxylic acids is 2. The summed E-state index contributed by atoms with van der Waals surface area (Å²) in [5, 5.41) is 23.4. The van der Waals surface area contributed by atoms with E-state index in [0.29, 0.717) is 25.9 Å². The van der Waals surface area contributed by atoms with Crippen LogP contribution in [-0.4, -0.2) is 47.4 Å². The average Bonchev–Trinajstić information content (AvgIpc) is 3.47. The van der Waals surface area contributed by atoms with Crippen LogP contribution >= 0.6 is 0 Å². The Balaban J connectivity index is 3.34. The molecule has 0 saturated carbocycles. The van der Waals surface area contributed by atoms with Crippen molar-refractivity contribution in [2.75, 3.05) is 13.2 Å². The maximum absolute atomic E-state index is 12.6. The van der Waals surface area contributed by atoms with E-state index in [-0.39, 0.29) is 18.5 Å². The lowest BCUT2D eigenvalue weighted by molar-refractivity contribution is -0.143. The van der Waals surface area contributed by atoms with E-state index in [0.717, 1.165) is 38.5 Å². The van der Waals surface area contributed by atoms with Gasteiger partial charge >= 0.3 is 5.97 Å². The lowest BCUT2D eigenvalue weighted by atomic mass is 10.0. The van der Waals surface area contributed by atoms with Crippen molar-refractivity contribution in [1.82, 2.24) is 5.32 Å². The highest BCUT2D eigenvalue weighted by molar-refractivity contribution is 5.76. The van der Waals surface area contributed by atoms with Crippen LogP contribution in [0.5, 0.6) is 0 Å². The fourth-order valence-electron chi connectivity index (χ4n) is 12.4. The molecule has 0 aromatic carbocycles. The summed E-state index contributed by atoms with van der Waals surface area (Å²) in [6, 6.07) is -0.541. The Hall–Kier alpha value is -1.14. The Labute approximate surface area is 508 Å². The maximum atomic E-state index is 12.6. The molecule has 6 heteroatoms. The minimum atomic E-state index is -0.664. The molecule has 0 heterocycles. The predicted octanol–water partition coefficient (Wildman–Crippen LogP) is 24.5. The second-order valence-corrected chi connectivity index (χ2v) is 26.4. The van der Waals surface area contributed by atoms with Gasteiger partial charge in [-0.1, -0.05) is 406 Å². The van der Waals surface area contributed by atoms with E-state index in [1.807, 2.05) is 0 Å². The monoisotopic (exact) mass is 1140 g/mol. The summed E-state index contributed by atoms with van der Waals surface area (Å²) in [5.41, 5.74) is 0. The van der Waals surface area contributed by atoms with Gasteiger partial charge in [0.15, 0.2) is 0 Å². The molecule has 3 N–H and O–H groups in total. The second kappa shape index (κ2) is 71.3. The van der Waals surface area contributed by atoms with Gasteiger partial charge < -0.3 is 20.3 Å². The number of unbranched alkanes of at least 4 members (excludes halogenated alkanes) is 61. The number of ether oxygens (including phenoxy) is 1. The summed E-state index contributed by atoms with van der Waals surface area (Å²) in [6.07, 6.45) is 87.4. The van der Waals surface area contributed by atoms with Crippen molar-refractivity contribution in [3.05, 3.63) is 0 Å². The Kier molecular flexibility index (Phi) is 70.3. The molecule has 0 bridgehead atoms. The van der Waals surface area contributed by atoms with Crippen molar-refractivity contribution in [3.8, 4) is 0 Å². The van der Waals surface area contributed by atoms with E-state index in [4.69, 9.17) is 4.74 Å². The van der Waals surface area contributed by atoms with Crippen molar-refractivity contribution >= 4 is 11.9 Å². The highest BCUT2D eigenvalue weighted by Crippen LogP contribution is 2.20. The van der Waals surface area contributed by atoms with Crippen molar-refractivity contribution in [3.63, 3.8) is 0 Å². The number of hydrogen-bond acceptors (Lipinski definition) is 5. The molecular weight excluding hydrogens is 995 g/mol. The lowest BCUT2D eigenvalue weighted by Crippen LogP contribution is -2.45. The first-order valence-corrected chi connectivity index (χ1v) is 37.8. The van der Waals surface area contributed by atoms with Crippen molar-refractivity contribution in [1.29, 1.82) is 0 Å². The van der Waals surface area contributed by atoms with Crippen LogP contribution in [-0.2, 0) is 14.3 Å². The molecular formula is C75H149NO5. The minimum Gasteiger partial charge on any atom is -0.466 e. The minimum absolute atomic E-state index is 0.0216. The van der Waals surface area contributed by atoms with Crippen LogP contribution in [0.4, 0.5) is 0 Å². The fourth-order valence-corrected chi connectivity index (χ4v) is 12.4. The van der Waals surface area contributed by atoms with Crippen molar-refractivity contribution in [2.45, 2.75) is 456 Å². The summed E-state index contributed by atoms with van der Waals surface area (Å²) >= 11 is 0. The first-order chi connectivity index (χ1) is 40.0. The number of amides is 1. The molecule has 0 rings (SSSR count). The number of esters is 1. The van der Waals surface area contributed by atoms with Gasteiger partial charge in [0.25, 0.3) is 0 Å². The lowest BCUT2D eigenvalue weighted by Gasteiger charge is -2.22. The predicted molar refractivity (Wildman–Crippen MR) is 357 cm³/mol. The zero-order valence-electron chi connectivity index (χ0n) is 55.6. The molecule has 2 unspecified atom stereocenters. The summed E-state index contributed by atoms with van der Waals surface area (Å²) in [5.74, 6) is -0.00612. The smallest absolute Gasteiger partial charge is 0.305 e. The van der Waals surface area contributed by atoms with Gasteiger partial charge in [0.05, 0.1) is 25.4 Å². The molecule has 0 aliphatic heterocycles. The molecule has 0 saturated heterocycles. The average molecular weight is 1150 g/mol. The molecule has 81 heavy (non-hydrogen) atoms. The van der Waals surface area contributed by atoms with Gasteiger partial charge in [-0.15, -0.1) is 0 Å². The number of nitrogens with one attached hydrogen (secondary N) is 1. The molecule has 0 aromatic rings. The van der Waals surface area contributed by atoms with Gasteiger partial charge in [-0.3, -0.25) is 9.59 Å². The SMILES string of the molecule is CCCCCCCCCCCCCCCCCCCCCCCCC(O)C(CO)NC(=O)CCCCCCCCCCCCCCCCCCCCCCCCCCOC(=O)CCCCCCCCCCCCCCCCCCCC. The van der Waals surface area contributed by atoms with Gasteiger partial charge in [0, 0.05) is 12.8 Å². The van der Waals surface area contributed by atoms with E-state index < -0.39 is 12.1 Å². The molecule has 2 atom stereocenters. The molecule has 0 aliphatic rings. The summed E-state index contributed by atoms with van der Waals surface area (Å²) in [6.45, 7) is 5.02. The molecule has 0 aliphatic carbocycles. The van der Waals surface area contributed by atoms with E-state index in [2.05, 4.69) is 19.2 Å². The standard InChI is InChI=1S/C75H149NO5/c1-3-5-7-9-11-13-15-17-19-21-23-24-29-32-35-39-43-47-51-55-59-63-67-73(78)72(71-77)76-74(79)68-64-60-56-52-48-44-40-36-33-30-27-25-26-28-31-34-38-42-46-50-54-58-62-66-70-81-75(80)69-65-61-57-53-49-45-41-37-22-20-18-16-14-12-10-8-6-4-2/h72-73,77-78H,3-71H2,1-2H3,(H,76,79). The van der Waals surface area contributed by atoms with Crippen LogP contribution < -0.4 is 5.32 Å². The van der Waals surface area contributed by atoms with Gasteiger partial charge in [-0.25, -0.2) is 0 Å². The molecule has 484 valence electrons. The van der Waals surface area contributed by atoms with Crippen LogP contribution in [0.25, 0.3) is 0 Å². The molecule has 0 spiro atoms. The third kappa shape index (κ3) is 67.9. The molecule has 6 nitrogen and oxygen atoms in total. The first-order valence-electron chi connectivity index (χ1n) is 37.8. The Morgan fingerprint density at radius 3 is 0.753 bits per heavy atom. The van der Waals surface area contributed by atoms with Crippen molar-refractivity contribution in [2.24, 2.45) is 0 Å². The number of rotatable bonds is 72.